The molecule has 0 saturated carbocycles. The molecule has 0 bridgehead atoms. The Kier molecular flexibility index (Phi) is 5.75. The zero-order chi connectivity index (χ0) is 19.6. The van der Waals surface area contributed by atoms with E-state index in [1.54, 1.807) is 36.2 Å². The van der Waals surface area contributed by atoms with Gasteiger partial charge in [-0.05, 0) is 50.2 Å². The molecule has 1 saturated heterocycles. The number of piperidine rings is 1. The molecule has 0 aliphatic carbocycles. The van der Waals surface area contributed by atoms with Crippen molar-refractivity contribution in [2.24, 2.45) is 0 Å². The van der Waals surface area contributed by atoms with Crippen molar-refractivity contribution in [3.63, 3.8) is 0 Å². The molecule has 144 valence electrons. The maximum absolute atomic E-state index is 13.6. The molecule has 1 heterocycles. The fraction of sp³-hybridized carbons (Fsp3) is 0.381. The van der Waals surface area contributed by atoms with Crippen molar-refractivity contribution in [3.05, 3.63) is 53.6 Å². The molecule has 3 rings (SSSR count). The van der Waals surface area contributed by atoms with Crippen LogP contribution in [0.4, 0.5) is 8.78 Å². The van der Waals surface area contributed by atoms with E-state index in [1.807, 2.05) is 0 Å². The number of likely N-dealkylation sites (N-methyl/N-ethyl adjacent to an activating group) is 2. The van der Waals surface area contributed by atoms with Gasteiger partial charge in [0.1, 0.15) is 5.75 Å². The van der Waals surface area contributed by atoms with E-state index in [-0.39, 0.29) is 17.2 Å². The van der Waals surface area contributed by atoms with Crippen LogP contribution in [0.1, 0.15) is 29.6 Å². The molecule has 2 aromatic rings. The van der Waals surface area contributed by atoms with Gasteiger partial charge in [-0.15, -0.1) is 0 Å². The van der Waals surface area contributed by atoms with Gasteiger partial charge in [-0.2, -0.15) is 0 Å². The normalized spacial score (nSPS) is 17.7. The van der Waals surface area contributed by atoms with Crippen LogP contribution in [0.5, 0.6) is 5.75 Å². The summed E-state index contributed by atoms with van der Waals surface area (Å²) in [5, 5.41) is 9.95. The monoisotopic (exact) mass is 374 g/mol. The van der Waals surface area contributed by atoms with Crippen LogP contribution < -0.4 is 0 Å². The van der Waals surface area contributed by atoms with Crippen LogP contribution >= 0.6 is 0 Å². The van der Waals surface area contributed by atoms with Crippen molar-refractivity contribution >= 4 is 5.91 Å². The average Bonchev–Trinajstić information content (AvgIpc) is 2.66. The van der Waals surface area contributed by atoms with Crippen LogP contribution in [-0.4, -0.2) is 54.0 Å². The standard InChI is InChI=1S/C21H24F2N2O2/c1-24-9-4-3-8-16(24)13-25(2)21(27)15-7-5-6-14(10-15)17-11-18(22)19(23)12-20(17)26/h5-7,10-12,16,26H,3-4,8-9,13H2,1-2H3/t16-/m1/s1. The molecule has 6 heteroatoms. The van der Waals surface area contributed by atoms with E-state index in [0.717, 1.165) is 25.1 Å². The van der Waals surface area contributed by atoms with E-state index in [4.69, 9.17) is 0 Å². The number of aromatic hydroxyl groups is 1. The van der Waals surface area contributed by atoms with Crippen molar-refractivity contribution in [2.45, 2.75) is 25.3 Å². The van der Waals surface area contributed by atoms with E-state index >= 15 is 0 Å². The summed E-state index contributed by atoms with van der Waals surface area (Å²) in [6, 6.07) is 8.62. The minimum Gasteiger partial charge on any atom is -0.507 e. The van der Waals surface area contributed by atoms with Crippen molar-refractivity contribution in [1.29, 1.82) is 0 Å². The summed E-state index contributed by atoms with van der Waals surface area (Å²) in [5.41, 5.74) is 1.05. The highest BCUT2D eigenvalue weighted by atomic mass is 19.2. The predicted octanol–water partition coefficient (Wildman–Crippen LogP) is 3.89. The fourth-order valence-corrected chi connectivity index (χ4v) is 3.58. The van der Waals surface area contributed by atoms with Gasteiger partial charge in [-0.1, -0.05) is 18.6 Å². The zero-order valence-electron chi connectivity index (χ0n) is 15.6. The number of phenols is 1. The summed E-state index contributed by atoms with van der Waals surface area (Å²) in [6.45, 7) is 1.67. The molecule has 27 heavy (non-hydrogen) atoms. The third kappa shape index (κ3) is 4.27. The highest BCUT2D eigenvalue weighted by molar-refractivity contribution is 5.95. The Bertz CT molecular complexity index is 841. The Labute approximate surface area is 158 Å². The molecule has 1 atom stereocenters. The first-order valence-corrected chi connectivity index (χ1v) is 9.11. The predicted molar refractivity (Wildman–Crippen MR) is 101 cm³/mol. The summed E-state index contributed by atoms with van der Waals surface area (Å²) in [4.78, 5) is 16.8. The number of phenolic OH excluding ortho intramolecular Hbond substituents is 1. The molecule has 2 aromatic carbocycles. The van der Waals surface area contributed by atoms with E-state index in [0.29, 0.717) is 23.7 Å². The van der Waals surface area contributed by atoms with Gasteiger partial charge in [-0.3, -0.25) is 4.79 Å². The minimum atomic E-state index is -1.11. The molecule has 1 N–H and O–H groups in total. The zero-order valence-corrected chi connectivity index (χ0v) is 15.6. The van der Waals surface area contributed by atoms with Gasteiger partial charge in [0.15, 0.2) is 11.6 Å². The van der Waals surface area contributed by atoms with Crippen LogP contribution in [0.15, 0.2) is 36.4 Å². The van der Waals surface area contributed by atoms with Gasteiger partial charge in [0, 0.05) is 36.8 Å². The van der Waals surface area contributed by atoms with Gasteiger partial charge in [0.05, 0.1) is 0 Å². The van der Waals surface area contributed by atoms with Crippen LogP contribution in [0, 0.1) is 11.6 Å². The lowest BCUT2D eigenvalue weighted by Crippen LogP contribution is -2.45. The molecule has 1 aliphatic heterocycles. The highest BCUT2D eigenvalue weighted by Gasteiger charge is 2.23. The van der Waals surface area contributed by atoms with Crippen molar-refractivity contribution in [1.82, 2.24) is 9.80 Å². The second-order valence-corrected chi connectivity index (χ2v) is 7.18. The van der Waals surface area contributed by atoms with E-state index < -0.39 is 11.6 Å². The summed E-state index contributed by atoms with van der Waals surface area (Å²) in [5.74, 6) is -2.66. The van der Waals surface area contributed by atoms with Gasteiger partial charge in [0.2, 0.25) is 0 Å². The number of hydrogen-bond acceptors (Lipinski definition) is 3. The summed E-state index contributed by atoms with van der Waals surface area (Å²) >= 11 is 0. The topological polar surface area (TPSA) is 43.8 Å². The lowest BCUT2D eigenvalue weighted by atomic mass is 10.0. The van der Waals surface area contributed by atoms with Crippen molar-refractivity contribution in [2.75, 3.05) is 27.2 Å². The van der Waals surface area contributed by atoms with Crippen LogP contribution in [0.25, 0.3) is 11.1 Å². The van der Waals surface area contributed by atoms with Gasteiger partial charge in [0.25, 0.3) is 5.91 Å². The van der Waals surface area contributed by atoms with E-state index in [1.165, 1.54) is 12.8 Å². The number of amides is 1. The third-order valence-corrected chi connectivity index (χ3v) is 5.21. The van der Waals surface area contributed by atoms with Crippen LogP contribution in [-0.2, 0) is 0 Å². The highest BCUT2D eigenvalue weighted by Crippen LogP contribution is 2.31. The molecule has 0 radical (unpaired) electrons. The number of nitrogens with zero attached hydrogens (tertiary/aromatic N) is 2. The van der Waals surface area contributed by atoms with Gasteiger partial charge in [-0.25, -0.2) is 8.78 Å². The molecule has 1 fully saturated rings. The summed E-state index contributed by atoms with van der Waals surface area (Å²) < 4.78 is 26.8. The quantitative estimate of drug-likeness (QED) is 0.883. The maximum Gasteiger partial charge on any atom is 0.253 e. The number of halogens is 2. The smallest absolute Gasteiger partial charge is 0.253 e. The molecular formula is C21H24F2N2O2. The molecule has 1 amide bonds. The van der Waals surface area contributed by atoms with Crippen molar-refractivity contribution < 1.29 is 18.7 Å². The van der Waals surface area contributed by atoms with Gasteiger partial charge < -0.3 is 14.9 Å². The molecule has 0 aromatic heterocycles. The second kappa shape index (κ2) is 8.05. The van der Waals surface area contributed by atoms with E-state index in [9.17, 15) is 18.7 Å². The number of benzene rings is 2. The number of carbonyl (C=O) groups excluding carboxylic acids is 1. The Morgan fingerprint density at radius 2 is 1.96 bits per heavy atom. The largest absolute Gasteiger partial charge is 0.507 e. The summed E-state index contributed by atoms with van der Waals surface area (Å²) in [7, 11) is 3.85. The molecule has 4 nitrogen and oxygen atoms in total. The maximum atomic E-state index is 13.6. The number of rotatable bonds is 4. The number of carbonyl (C=O) groups is 1. The third-order valence-electron chi connectivity index (χ3n) is 5.21. The Morgan fingerprint density at radius 1 is 1.22 bits per heavy atom. The SMILES string of the molecule is CN(C[C@H]1CCCCN1C)C(=O)c1cccc(-c2cc(F)c(F)cc2O)c1. The number of hydrogen-bond donors (Lipinski definition) is 1. The Balaban J connectivity index is 1.80. The average molecular weight is 374 g/mol. The van der Waals surface area contributed by atoms with Crippen LogP contribution in [0.2, 0.25) is 0 Å². The lowest BCUT2D eigenvalue weighted by Gasteiger charge is -2.35. The first kappa shape index (κ1) is 19.3. The summed E-state index contributed by atoms with van der Waals surface area (Å²) in [6.07, 6.45) is 3.42. The Morgan fingerprint density at radius 3 is 2.70 bits per heavy atom. The lowest BCUT2D eigenvalue weighted by molar-refractivity contribution is 0.0717. The second-order valence-electron chi connectivity index (χ2n) is 7.18. The molecular weight excluding hydrogens is 350 g/mol. The van der Waals surface area contributed by atoms with E-state index in [2.05, 4.69) is 11.9 Å². The molecule has 0 spiro atoms. The van der Waals surface area contributed by atoms with Crippen LogP contribution in [0.3, 0.4) is 0 Å². The van der Waals surface area contributed by atoms with Crippen molar-refractivity contribution in [3.8, 4) is 16.9 Å². The van der Waals surface area contributed by atoms with Gasteiger partial charge >= 0.3 is 0 Å². The minimum absolute atomic E-state index is 0.141. The first-order valence-electron chi connectivity index (χ1n) is 9.11. The Hall–Kier alpha value is -2.47. The molecule has 0 unspecified atom stereocenters. The number of likely N-dealkylation sites (tertiary alicyclic amines) is 1. The fourth-order valence-electron chi connectivity index (χ4n) is 3.58. The molecule has 1 aliphatic rings. The first-order chi connectivity index (χ1) is 12.9.